The molecule has 0 saturated heterocycles. The Balaban J connectivity index is 1.87. The smallest absolute Gasteiger partial charge is 0.263 e. The zero-order chi connectivity index (χ0) is 13.0. The van der Waals surface area contributed by atoms with Crippen LogP contribution in [0.15, 0.2) is 24.5 Å². The molecular formula is C13H15N3OS. The van der Waals surface area contributed by atoms with Crippen molar-refractivity contribution in [1.29, 1.82) is 0 Å². The monoisotopic (exact) mass is 261 g/mol. The number of pyridine rings is 1. The molecule has 1 amide bonds. The average Bonchev–Trinajstić information content (AvgIpc) is 2.70. The molecule has 2 aromatic heterocycles. The third-order valence-corrected chi connectivity index (χ3v) is 3.60. The number of nitrogens with zero attached hydrogens (tertiary/aromatic N) is 2. The van der Waals surface area contributed by atoms with Gasteiger partial charge in [-0.2, -0.15) is 0 Å². The molecule has 0 aliphatic heterocycles. The van der Waals surface area contributed by atoms with Gasteiger partial charge in [-0.1, -0.05) is 6.07 Å². The van der Waals surface area contributed by atoms with E-state index in [1.165, 1.54) is 11.3 Å². The third-order valence-electron chi connectivity index (χ3n) is 2.53. The van der Waals surface area contributed by atoms with Gasteiger partial charge in [-0.15, -0.1) is 11.3 Å². The Morgan fingerprint density at radius 3 is 2.89 bits per heavy atom. The predicted molar refractivity (Wildman–Crippen MR) is 71.9 cm³/mol. The summed E-state index contributed by atoms with van der Waals surface area (Å²) in [5.41, 5.74) is 1.92. The minimum atomic E-state index is -0.0398. The van der Waals surface area contributed by atoms with Gasteiger partial charge in [0, 0.05) is 18.9 Å². The largest absolute Gasteiger partial charge is 0.351 e. The highest BCUT2D eigenvalue weighted by molar-refractivity contribution is 7.13. The molecule has 0 atom stereocenters. The van der Waals surface area contributed by atoms with Crippen molar-refractivity contribution in [2.45, 2.75) is 20.3 Å². The molecule has 0 saturated carbocycles. The Labute approximate surface area is 110 Å². The third kappa shape index (κ3) is 3.13. The summed E-state index contributed by atoms with van der Waals surface area (Å²) in [5.74, 6) is -0.0398. The van der Waals surface area contributed by atoms with Gasteiger partial charge in [0.1, 0.15) is 4.88 Å². The van der Waals surface area contributed by atoms with E-state index in [4.69, 9.17) is 0 Å². The van der Waals surface area contributed by atoms with Gasteiger partial charge in [0.2, 0.25) is 0 Å². The van der Waals surface area contributed by atoms with Crippen LogP contribution in [0.25, 0.3) is 0 Å². The number of carbonyl (C=O) groups excluding carboxylic acids is 1. The van der Waals surface area contributed by atoms with Gasteiger partial charge in [-0.25, -0.2) is 4.98 Å². The van der Waals surface area contributed by atoms with Crippen LogP contribution in [0.4, 0.5) is 0 Å². The minimum absolute atomic E-state index is 0.0398. The standard InChI is InChI=1S/C13H15N3OS/c1-9-12(18-10(2)16-9)13(17)15-7-5-11-4-3-6-14-8-11/h3-4,6,8H,5,7H2,1-2H3,(H,15,17). The SMILES string of the molecule is Cc1nc(C)c(C(=O)NCCc2cccnc2)s1. The van der Waals surface area contributed by atoms with E-state index in [2.05, 4.69) is 15.3 Å². The lowest BCUT2D eigenvalue weighted by Gasteiger charge is -2.03. The molecule has 2 heterocycles. The molecule has 0 aromatic carbocycles. The van der Waals surface area contributed by atoms with Crippen LogP contribution in [-0.2, 0) is 6.42 Å². The molecule has 94 valence electrons. The molecule has 0 fully saturated rings. The van der Waals surface area contributed by atoms with E-state index in [1.807, 2.05) is 32.2 Å². The number of amides is 1. The molecule has 0 unspecified atom stereocenters. The molecule has 5 heteroatoms. The fourth-order valence-corrected chi connectivity index (χ4v) is 2.52. The Morgan fingerprint density at radius 2 is 2.28 bits per heavy atom. The van der Waals surface area contributed by atoms with Crippen molar-refractivity contribution in [3.63, 3.8) is 0 Å². The first-order valence-electron chi connectivity index (χ1n) is 5.78. The number of nitrogens with one attached hydrogen (secondary N) is 1. The molecule has 0 aliphatic rings. The van der Waals surface area contributed by atoms with E-state index < -0.39 is 0 Å². The molecule has 2 aromatic rings. The molecule has 0 aliphatic carbocycles. The fraction of sp³-hybridized carbons (Fsp3) is 0.308. The van der Waals surface area contributed by atoms with Crippen molar-refractivity contribution in [3.8, 4) is 0 Å². The predicted octanol–water partition coefficient (Wildman–Crippen LogP) is 2.13. The number of hydrogen-bond acceptors (Lipinski definition) is 4. The van der Waals surface area contributed by atoms with Crippen LogP contribution in [0.1, 0.15) is 25.9 Å². The van der Waals surface area contributed by atoms with Crippen LogP contribution in [0.2, 0.25) is 0 Å². The summed E-state index contributed by atoms with van der Waals surface area (Å²) in [6.45, 7) is 4.38. The molecule has 2 rings (SSSR count). The van der Waals surface area contributed by atoms with Crippen molar-refractivity contribution in [2.75, 3.05) is 6.54 Å². The van der Waals surface area contributed by atoms with Crippen molar-refractivity contribution in [1.82, 2.24) is 15.3 Å². The summed E-state index contributed by atoms with van der Waals surface area (Å²) >= 11 is 1.43. The first-order valence-corrected chi connectivity index (χ1v) is 6.59. The fourth-order valence-electron chi connectivity index (χ4n) is 1.69. The lowest BCUT2D eigenvalue weighted by atomic mass is 10.2. The Hall–Kier alpha value is -1.75. The van der Waals surface area contributed by atoms with Crippen molar-refractivity contribution in [2.24, 2.45) is 0 Å². The number of rotatable bonds is 4. The minimum Gasteiger partial charge on any atom is -0.351 e. The second kappa shape index (κ2) is 5.73. The van der Waals surface area contributed by atoms with Crippen molar-refractivity contribution >= 4 is 17.2 Å². The maximum atomic E-state index is 11.9. The van der Waals surface area contributed by atoms with Crippen LogP contribution in [0.5, 0.6) is 0 Å². The van der Waals surface area contributed by atoms with E-state index >= 15 is 0 Å². The summed E-state index contributed by atoms with van der Waals surface area (Å²) in [5, 5.41) is 3.83. The zero-order valence-corrected chi connectivity index (χ0v) is 11.3. The Kier molecular flexibility index (Phi) is 4.04. The van der Waals surface area contributed by atoms with Crippen molar-refractivity contribution in [3.05, 3.63) is 45.7 Å². The van der Waals surface area contributed by atoms with Gasteiger partial charge in [0.15, 0.2) is 0 Å². The topological polar surface area (TPSA) is 54.9 Å². The summed E-state index contributed by atoms with van der Waals surface area (Å²) in [6.07, 6.45) is 4.34. The molecule has 0 bridgehead atoms. The van der Waals surface area contributed by atoms with E-state index in [0.29, 0.717) is 11.4 Å². The van der Waals surface area contributed by atoms with Gasteiger partial charge < -0.3 is 5.32 Å². The Morgan fingerprint density at radius 1 is 1.44 bits per heavy atom. The van der Waals surface area contributed by atoms with E-state index in [-0.39, 0.29) is 5.91 Å². The highest BCUT2D eigenvalue weighted by atomic mass is 32.1. The van der Waals surface area contributed by atoms with E-state index in [0.717, 1.165) is 22.7 Å². The van der Waals surface area contributed by atoms with Crippen LogP contribution in [-0.4, -0.2) is 22.4 Å². The van der Waals surface area contributed by atoms with Gasteiger partial charge in [0.25, 0.3) is 5.91 Å². The summed E-state index contributed by atoms with van der Waals surface area (Å²) in [7, 11) is 0. The molecule has 1 N–H and O–H groups in total. The highest BCUT2D eigenvalue weighted by Crippen LogP contribution is 2.16. The molecule has 4 nitrogen and oxygen atoms in total. The van der Waals surface area contributed by atoms with E-state index in [9.17, 15) is 4.79 Å². The quantitative estimate of drug-likeness (QED) is 0.917. The maximum absolute atomic E-state index is 11.9. The number of aromatic nitrogens is 2. The van der Waals surface area contributed by atoms with Crippen LogP contribution < -0.4 is 5.32 Å². The first-order chi connectivity index (χ1) is 8.66. The Bertz CT molecular complexity index is 536. The molecule has 0 radical (unpaired) electrons. The van der Waals surface area contributed by atoms with E-state index in [1.54, 1.807) is 6.20 Å². The molecule has 18 heavy (non-hydrogen) atoms. The second-order valence-corrected chi connectivity index (χ2v) is 5.22. The van der Waals surface area contributed by atoms with Gasteiger partial charge in [-0.05, 0) is 31.9 Å². The number of hydrogen-bond donors (Lipinski definition) is 1. The van der Waals surface area contributed by atoms with Crippen molar-refractivity contribution < 1.29 is 4.79 Å². The lowest BCUT2D eigenvalue weighted by molar-refractivity contribution is 0.0957. The number of aryl methyl sites for hydroxylation is 2. The second-order valence-electron chi connectivity index (χ2n) is 4.01. The van der Waals surface area contributed by atoms with Gasteiger partial charge in [0.05, 0.1) is 10.7 Å². The summed E-state index contributed by atoms with van der Waals surface area (Å²) < 4.78 is 0. The van der Waals surface area contributed by atoms with Gasteiger partial charge >= 0.3 is 0 Å². The van der Waals surface area contributed by atoms with Crippen LogP contribution in [0.3, 0.4) is 0 Å². The number of carbonyl (C=O) groups is 1. The van der Waals surface area contributed by atoms with Crippen LogP contribution in [0, 0.1) is 13.8 Å². The normalized spacial score (nSPS) is 10.3. The molecule has 0 spiro atoms. The maximum Gasteiger partial charge on any atom is 0.263 e. The zero-order valence-electron chi connectivity index (χ0n) is 10.4. The van der Waals surface area contributed by atoms with Gasteiger partial charge in [-0.3, -0.25) is 9.78 Å². The van der Waals surface area contributed by atoms with Crippen LogP contribution >= 0.6 is 11.3 Å². The summed E-state index contributed by atoms with van der Waals surface area (Å²) in [6, 6.07) is 3.90. The number of thiazole rings is 1. The molecular weight excluding hydrogens is 246 g/mol. The average molecular weight is 261 g/mol. The lowest BCUT2D eigenvalue weighted by Crippen LogP contribution is -2.25. The first kappa shape index (κ1) is 12.7. The highest BCUT2D eigenvalue weighted by Gasteiger charge is 2.12. The summed E-state index contributed by atoms with van der Waals surface area (Å²) in [4.78, 5) is 20.9.